The fourth-order valence-electron chi connectivity index (χ4n) is 3.53. The molecule has 0 unspecified atom stereocenters. The van der Waals surface area contributed by atoms with Crippen LogP contribution in [0.15, 0.2) is 71.9 Å². The Hall–Kier alpha value is -3.69. The SMILES string of the molecule is Cc1ccc(S(=O)(=O)n2cc(C)c3c(Oc4ccc(C[C@H](N)C(=O)O)cc4)ccnc32)cc1. The van der Waals surface area contributed by atoms with Crippen molar-refractivity contribution < 1.29 is 23.1 Å². The molecular formula is C24H23N3O5S. The Morgan fingerprint density at radius 3 is 2.39 bits per heavy atom. The minimum absolute atomic E-state index is 0.174. The van der Waals surface area contributed by atoms with Crippen molar-refractivity contribution in [3.63, 3.8) is 0 Å². The van der Waals surface area contributed by atoms with Crippen molar-refractivity contribution >= 4 is 27.0 Å². The van der Waals surface area contributed by atoms with Gasteiger partial charge in [-0.25, -0.2) is 17.4 Å². The summed E-state index contributed by atoms with van der Waals surface area (Å²) in [5.41, 5.74) is 8.29. The standard InChI is InChI=1S/C24H23N3O5S/c1-15-3-9-19(10-4-15)33(30,31)27-14-16(2)22-21(11-12-26-23(22)27)32-18-7-5-17(6-8-18)13-20(25)24(28)29/h3-12,14,20H,13,25H2,1-2H3,(H,28,29)/t20-/m0/s1. The normalized spacial score (nSPS) is 12.6. The van der Waals surface area contributed by atoms with Gasteiger partial charge in [0.25, 0.3) is 10.0 Å². The Labute approximate surface area is 191 Å². The zero-order valence-electron chi connectivity index (χ0n) is 18.1. The van der Waals surface area contributed by atoms with Gasteiger partial charge in [0.15, 0.2) is 5.65 Å². The van der Waals surface area contributed by atoms with Gasteiger partial charge in [0.1, 0.15) is 17.5 Å². The summed E-state index contributed by atoms with van der Waals surface area (Å²) < 4.78 is 33.7. The molecule has 170 valence electrons. The van der Waals surface area contributed by atoms with Gasteiger partial charge in [-0.1, -0.05) is 29.8 Å². The van der Waals surface area contributed by atoms with Gasteiger partial charge in [0.2, 0.25) is 0 Å². The highest BCUT2D eigenvalue weighted by molar-refractivity contribution is 7.90. The number of carboxylic acids is 1. The molecule has 0 saturated heterocycles. The van der Waals surface area contributed by atoms with E-state index in [1.54, 1.807) is 61.5 Å². The van der Waals surface area contributed by atoms with Crippen LogP contribution in [0.3, 0.4) is 0 Å². The molecule has 0 aliphatic heterocycles. The van der Waals surface area contributed by atoms with Crippen molar-refractivity contribution in [2.75, 3.05) is 0 Å². The summed E-state index contributed by atoms with van der Waals surface area (Å²) in [6.45, 7) is 3.69. The van der Waals surface area contributed by atoms with Crippen LogP contribution < -0.4 is 10.5 Å². The minimum atomic E-state index is -3.84. The Balaban J connectivity index is 1.68. The topological polar surface area (TPSA) is 125 Å². The summed E-state index contributed by atoms with van der Waals surface area (Å²) in [6.07, 6.45) is 3.24. The first kappa shape index (κ1) is 22.5. The van der Waals surface area contributed by atoms with Crippen LogP contribution in [0, 0.1) is 13.8 Å². The van der Waals surface area contributed by atoms with Gasteiger partial charge in [-0.15, -0.1) is 0 Å². The van der Waals surface area contributed by atoms with E-state index in [0.717, 1.165) is 11.1 Å². The number of aliphatic carboxylic acids is 1. The van der Waals surface area contributed by atoms with Crippen LogP contribution >= 0.6 is 0 Å². The number of benzene rings is 2. The fraction of sp³-hybridized carbons (Fsp3) is 0.167. The third-order valence-electron chi connectivity index (χ3n) is 5.31. The molecule has 2 aromatic carbocycles. The second-order valence-corrected chi connectivity index (χ2v) is 9.64. The number of ether oxygens (including phenoxy) is 1. The van der Waals surface area contributed by atoms with Gasteiger partial charge in [-0.05, 0) is 61.7 Å². The Morgan fingerprint density at radius 2 is 1.76 bits per heavy atom. The predicted molar refractivity (Wildman–Crippen MR) is 124 cm³/mol. The van der Waals surface area contributed by atoms with Gasteiger partial charge in [-0.3, -0.25) is 4.79 Å². The molecule has 1 atom stereocenters. The molecule has 0 radical (unpaired) electrons. The van der Waals surface area contributed by atoms with Crippen LogP contribution in [0.4, 0.5) is 0 Å². The van der Waals surface area contributed by atoms with E-state index in [4.69, 9.17) is 15.6 Å². The molecule has 3 N–H and O–H groups in total. The number of fused-ring (bicyclic) bond motifs is 1. The summed E-state index contributed by atoms with van der Waals surface area (Å²) in [7, 11) is -3.84. The molecule has 0 fully saturated rings. The highest BCUT2D eigenvalue weighted by atomic mass is 32.2. The highest BCUT2D eigenvalue weighted by Gasteiger charge is 2.23. The number of carbonyl (C=O) groups is 1. The molecule has 0 aliphatic carbocycles. The van der Waals surface area contributed by atoms with Crippen molar-refractivity contribution in [3.05, 3.63) is 83.7 Å². The molecule has 2 aromatic heterocycles. The number of hydrogen-bond donors (Lipinski definition) is 2. The Kier molecular flexibility index (Phi) is 5.92. The lowest BCUT2D eigenvalue weighted by Crippen LogP contribution is -2.32. The number of aryl methyl sites for hydroxylation is 2. The van der Waals surface area contributed by atoms with E-state index < -0.39 is 22.0 Å². The van der Waals surface area contributed by atoms with Gasteiger partial charge in [-0.2, -0.15) is 0 Å². The molecule has 0 amide bonds. The summed E-state index contributed by atoms with van der Waals surface area (Å²) in [6, 6.07) is 14.3. The zero-order chi connectivity index (χ0) is 23.8. The van der Waals surface area contributed by atoms with E-state index in [2.05, 4.69) is 4.98 Å². The molecular weight excluding hydrogens is 442 g/mol. The number of carboxylic acid groups (broad SMARTS) is 1. The molecule has 9 heteroatoms. The maximum Gasteiger partial charge on any atom is 0.320 e. The molecule has 0 aliphatic rings. The first-order valence-corrected chi connectivity index (χ1v) is 11.6. The van der Waals surface area contributed by atoms with Crippen LogP contribution in [0.2, 0.25) is 0 Å². The summed E-state index contributed by atoms with van der Waals surface area (Å²) >= 11 is 0. The molecule has 33 heavy (non-hydrogen) atoms. The third kappa shape index (κ3) is 4.46. The van der Waals surface area contributed by atoms with Crippen molar-refractivity contribution in [1.82, 2.24) is 8.96 Å². The predicted octanol–water partition coefficient (Wildman–Crippen LogP) is 3.64. The monoisotopic (exact) mass is 465 g/mol. The lowest BCUT2D eigenvalue weighted by Gasteiger charge is -2.10. The van der Waals surface area contributed by atoms with Gasteiger partial charge in [0.05, 0.1) is 10.3 Å². The highest BCUT2D eigenvalue weighted by Crippen LogP contribution is 2.34. The van der Waals surface area contributed by atoms with Crippen LogP contribution in [-0.2, 0) is 21.2 Å². The molecule has 0 bridgehead atoms. The van der Waals surface area contributed by atoms with Crippen molar-refractivity contribution in [2.45, 2.75) is 31.2 Å². The van der Waals surface area contributed by atoms with Crippen molar-refractivity contribution in [2.24, 2.45) is 5.73 Å². The smallest absolute Gasteiger partial charge is 0.320 e. The Bertz CT molecular complexity index is 1430. The Morgan fingerprint density at radius 1 is 1.09 bits per heavy atom. The van der Waals surface area contributed by atoms with E-state index in [1.807, 2.05) is 6.92 Å². The third-order valence-corrected chi connectivity index (χ3v) is 6.97. The first-order chi connectivity index (χ1) is 15.7. The molecule has 4 rings (SSSR count). The molecule has 0 saturated carbocycles. The van der Waals surface area contributed by atoms with E-state index >= 15 is 0 Å². The molecule has 2 heterocycles. The van der Waals surface area contributed by atoms with Crippen LogP contribution in [-0.4, -0.2) is 34.5 Å². The molecule has 0 spiro atoms. The van der Waals surface area contributed by atoms with E-state index in [1.165, 1.54) is 16.4 Å². The van der Waals surface area contributed by atoms with Crippen molar-refractivity contribution in [1.29, 1.82) is 0 Å². The first-order valence-electron chi connectivity index (χ1n) is 10.2. The number of pyridine rings is 1. The van der Waals surface area contributed by atoms with Crippen molar-refractivity contribution in [3.8, 4) is 11.5 Å². The van der Waals surface area contributed by atoms with Crippen LogP contribution in [0.5, 0.6) is 11.5 Å². The zero-order valence-corrected chi connectivity index (χ0v) is 18.9. The van der Waals surface area contributed by atoms with Gasteiger partial charge < -0.3 is 15.6 Å². The average molecular weight is 466 g/mol. The number of nitrogens with two attached hydrogens (primary N) is 1. The van der Waals surface area contributed by atoms with Gasteiger partial charge in [0, 0.05) is 12.4 Å². The lowest BCUT2D eigenvalue weighted by molar-refractivity contribution is -0.138. The lowest BCUT2D eigenvalue weighted by atomic mass is 10.1. The number of rotatable bonds is 7. The summed E-state index contributed by atoms with van der Waals surface area (Å²) in [5, 5.41) is 9.55. The van der Waals surface area contributed by atoms with E-state index in [9.17, 15) is 13.2 Å². The number of nitrogens with zero attached hydrogens (tertiary/aromatic N) is 2. The minimum Gasteiger partial charge on any atom is -0.480 e. The number of aromatic nitrogens is 2. The fourth-order valence-corrected chi connectivity index (χ4v) is 4.90. The molecule has 8 nitrogen and oxygen atoms in total. The van der Waals surface area contributed by atoms with E-state index in [0.29, 0.717) is 22.4 Å². The second kappa shape index (κ2) is 8.68. The maximum absolute atomic E-state index is 13.2. The number of hydrogen-bond acceptors (Lipinski definition) is 6. The second-order valence-electron chi connectivity index (χ2n) is 7.83. The van der Waals surface area contributed by atoms with Crippen LogP contribution in [0.1, 0.15) is 16.7 Å². The van der Waals surface area contributed by atoms with Gasteiger partial charge >= 0.3 is 5.97 Å². The summed E-state index contributed by atoms with van der Waals surface area (Å²) in [4.78, 5) is 15.4. The quantitative estimate of drug-likeness (QED) is 0.427. The van der Waals surface area contributed by atoms with Crippen LogP contribution in [0.25, 0.3) is 11.0 Å². The molecule has 4 aromatic rings. The summed E-state index contributed by atoms with van der Waals surface area (Å²) in [5.74, 6) is -0.0795. The van der Waals surface area contributed by atoms with E-state index in [-0.39, 0.29) is 17.0 Å². The maximum atomic E-state index is 13.2. The average Bonchev–Trinajstić information content (AvgIpc) is 3.13. The largest absolute Gasteiger partial charge is 0.480 e.